The fourth-order valence-corrected chi connectivity index (χ4v) is 5.35. The zero-order chi connectivity index (χ0) is 25.1. The number of benzene rings is 3. The van der Waals surface area contributed by atoms with Gasteiger partial charge in [0.15, 0.2) is 0 Å². The first-order chi connectivity index (χ1) is 17.5. The van der Waals surface area contributed by atoms with E-state index in [0.29, 0.717) is 44.8 Å². The third kappa shape index (κ3) is 4.96. The van der Waals surface area contributed by atoms with Crippen molar-refractivity contribution >= 4 is 17.5 Å². The molecule has 0 aliphatic carbocycles. The highest BCUT2D eigenvalue weighted by Gasteiger charge is 2.38. The van der Waals surface area contributed by atoms with Crippen molar-refractivity contribution < 1.29 is 18.4 Å². The van der Waals surface area contributed by atoms with E-state index in [9.17, 15) is 18.4 Å². The van der Waals surface area contributed by atoms with Gasteiger partial charge in [-0.15, -0.1) is 0 Å². The molecule has 36 heavy (non-hydrogen) atoms. The average molecular weight is 490 g/mol. The van der Waals surface area contributed by atoms with Gasteiger partial charge in [-0.1, -0.05) is 54.6 Å². The number of likely N-dealkylation sites (tertiary alicyclic amines) is 1. The Morgan fingerprint density at radius 2 is 1.33 bits per heavy atom. The Morgan fingerprint density at radius 3 is 2.03 bits per heavy atom. The Labute approximate surface area is 209 Å². The van der Waals surface area contributed by atoms with E-state index in [-0.39, 0.29) is 35.7 Å². The van der Waals surface area contributed by atoms with Crippen LogP contribution in [0.5, 0.6) is 0 Å². The fourth-order valence-electron chi connectivity index (χ4n) is 5.35. The Morgan fingerprint density at radius 1 is 0.694 bits per heavy atom. The van der Waals surface area contributed by atoms with E-state index in [1.54, 1.807) is 29.2 Å². The lowest BCUT2D eigenvalue weighted by atomic mass is 9.83. The van der Waals surface area contributed by atoms with Crippen molar-refractivity contribution in [2.24, 2.45) is 5.92 Å². The van der Waals surface area contributed by atoms with Crippen LogP contribution in [0.4, 0.5) is 14.5 Å². The van der Waals surface area contributed by atoms with Gasteiger partial charge in [-0.05, 0) is 36.2 Å². The van der Waals surface area contributed by atoms with E-state index < -0.39 is 11.7 Å². The third-order valence-corrected chi connectivity index (χ3v) is 7.25. The van der Waals surface area contributed by atoms with E-state index >= 15 is 0 Å². The molecule has 7 heteroatoms. The number of hydrogen-bond acceptors (Lipinski definition) is 3. The Kier molecular flexibility index (Phi) is 6.98. The van der Waals surface area contributed by atoms with Crippen molar-refractivity contribution in [3.05, 3.63) is 102 Å². The topological polar surface area (TPSA) is 43.9 Å². The van der Waals surface area contributed by atoms with Crippen molar-refractivity contribution in [1.29, 1.82) is 0 Å². The van der Waals surface area contributed by atoms with Crippen molar-refractivity contribution in [3.63, 3.8) is 0 Å². The minimum absolute atomic E-state index is 0.00449. The molecule has 2 amide bonds. The molecule has 186 valence electrons. The molecule has 0 radical (unpaired) electrons. The van der Waals surface area contributed by atoms with Gasteiger partial charge in [0.25, 0.3) is 5.91 Å². The predicted octanol–water partition coefficient (Wildman–Crippen LogP) is 4.56. The van der Waals surface area contributed by atoms with Crippen LogP contribution < -0.4 is 4.90 Å². The molecule has 0 saturated carbocycles. The first-order valence-corrected chi connectivity index (χ1v) is 12.4. The number of carbonyl (C=O) groups excluding carboxylic acids is 2. The van der Waals surface area contributed by atoms with Gasteiger partial charge >= 0.3 is 0 Å². The number of carbonyl (C=O) groups is 2. The summed E-state index contributed by atoms with van der Waals surface area (Å²) < 4.78 is 28.6. The molecule has 5 rings (SSSR count). The molecule has 2 saturated heterocycles. The van der Waals surface area contributed by atoms with Gasteiger partial charge in [0, 0.05) is 45.2 Å². The number of rotatable bonds is 4. The van der Waals surface area contributed by atoms with Crippen LogP contribution in [-0.4, -0.2) is 60.9 Å². The molecule has 2 aliphatic rings. The van der Waals surface area contributed by atoms with Gasteiger partial charge in [-0.3, -0.25) is 9.59 Å². The van der Waals surface area contributed by atoms with Crippen LogP contribution in [0.15, 0.2) is 78.9 Å². The first kappa shape index (κ1) is 24.0. The molecular formula is C29H29F2N3O2. The molecule has 2 unspecified atom stereocenters. The number of para-hydroxylation sites is 1. The summed E-state index contributed by atoms with van der Waals surface area (Å²) in [6.07, 6.45) is 0.622. The second kappa shape index (κ2) is 10.5. The highest BCUT2D eigenvalue weighted by atomic mass is 19.1. The lowest BCUT2D eigenvalue weighted by molar-refractivity contribution is -0.137. The Bertz CT molecular complexity index is 1230. The van der Waals surface area contributed by atoms with E-state index in [0.717, 1.165) is 5.56 Å². The lowest BCUT2D eigenvalue weighted by Crippen LogP contribution is -2.54. The maximum atomic E-state index is 14.4. The van der Waals surface area contributed by atoms with Gasteiger partial charge in [0.1, 0.15) is 11.6 Å². The largest absolute Gasteiger partial charge is 0.366 e. The van der Waals surface area contributed by atoms with Crippen LogP contribution in [0.3, 0.4) is 0 Å². The van der Waals surface area contributed by atoms with Crippen LogP contribution in [-0.2, 0) is 4.79 Å². The number of hydrogen-bond donors (Lipinski definition) is 0. The number of nitrogens with zero attached hydrogens (tertiary/aromatic N) is 3. The standard InChI is InChI=1S/C29H29F2N3O2/c30-25-11-5-4-10-24(25)29(36)34-19-22(21-8-2-1-3-9-21)18-23(20-34)28(35)33-16-14-32(15-17-33)27-13-7-6-12-26(27)31/h1-13,22-23H,14-20H2. The number of amides is 2. The maximum absolute atomic E-state index is 14.4. The van der Waals surface area contributed by atoms with Crippen molar-refractivity contribution in [2.75, 3.05) is 44.2 Å². The molecule has 2 heterocycles. The summed E-state index contributed by atoms with van der Waals surface area (Å²) in [5, 5.41) is 0. The van der Waals surface area contributed by atoms with E-state index in [2.05, 4.69) is 0 Å². The zero-order valence-electron chi connectivity index (χ0n) is 20.0. The van der Waals surface area contributed by atoms with E-state index in [4.69, 9.17) is 0 Å². The monoisotopic (exact) mass is 489 g/mol. The quantitative estimate of drug-likeness (QED) is 0.540. The molecule has 2 aliphatic heterocycles. The number of piperidine rings is 1. The van der Waals surface area contributed by atoms with Gasteiger partial charge in [0.05, 0.1) is 17.2 Å². The average Bonchev–Trinajstić information content (AvgIpc) is 2.93. The van der Waals surface area contributed by atoms with Gasteiger partial charge in [-0.2, -0.15) is 0 Å². The molecule has 3 aromatic carbocycles. The van der Waals surface area contributed by atoms with Gasteiger partial charge < -0.3 is 14.7 Å². The highest BCUT2D eigenvalue weighted by Crippen LogP contribution is 2.33. The lowest BCUT2D eigenvalue weighted by Gasteiger charge is -2.42. The second-order valence-electron chi connectivity index (χ2n) is 9.49. The van der Waals surface area contributed by atoms with Crippen LogP contribution >= 0.6 is 0 Å². The minimum Gasteiger partial charge on any atom is -0.366 e. The summed E-state index contributed by atoms with van der Waals surface area (Å²) in [5.74, 6) is -1.64. The van der Waals surface area contributed by atoms with Crippen LogP contribution in [0.25, 0.3) is 0 Å². The molecule has 0 spiro atoms. The highest BCUT2D eigenvalue weighted by molar-refractivity contribution is 5.95. The number of piperazine rings is 1. The predicted molar refractivity (Wildman–Crippen MR) is 135 cm³/mol. The molecule has 0 bridgehead atoms. The fraction of sp³-hybridized carbons (Fsp3) is 0.310. The minimum atomic E-state index is -0.559. The number of halogens is 2. The normalized spacial score (nSPS) is 20.3. The van der Waals surface area contributed by atoms with Crippen molar-refractivity contribution in [2.45, 2.75) is 12.3 Å². The summed E-state index contributed by atoms with van der Waals surface area (Å²) in [6, 6.07) is 22.5. The summed E-state index contributed by atoms with van der Waals surface area (Å²) in [6.45, 7) is 2.74. The van der Waals surface area contributed by atoms with E-state index in [1.165, 1.54) is 18.2 Å². The SMILES string of the molecule is O=C(c1ccccc1F)N1CC(C(=O)N2CCN(c3ccccc3F)CC2)CC(c2ccccc2)C1. The summed E-state index contributed by atoms with van der Waals surface area (Å²) >= 11 is 0. The third-order valence-electron chi connectivity index (χ3n) is 7.25. The number of anilines is 1. The molecule has 2 fully saturated rings. The van der Waals surface area contributed by atoms with Gasteiger partial charge in [0.2, 0.25) is 5.91 Å². The maximum Gasteiger partial charge on any atom is 0.256 e. The zero-order valence-corrected chi connectivity index (χ0v) is 20.0. The van der Waals surface area contributed by atoms with Crippen LogP contribution in [0, 0.1) is 17.6 Å². The molecule has 2 atom stereocenters. The Balaban J connectivity index is 1.33. The summed E-state index contributed by atoms with van der Waals surface area (Å²) in [4.78, 5) is 32.3. The summed E-state index contributed by atoms with van der Waals surface area (Å²) in [7, 11) is 0. The Hall–Kier alpha value is -3.74. The van der Waals surface area contributed by atoms with Crippen molar-refractivity contribution in [3.8, 4) is 0 Å². The van der Waals surface area contributed by atoms with Crippen molar-refractivity contribution in [1.82, 2.24) is 9.80 Å². The summed E-state index contributed by atoms with van der Waals surface area (Å²) in [5.41, 5.74) is 1.63. The molecule has 3 aromatic rings. The second-order valence-corrected chi connectivity index (χ2v) is 9.49. The van der Waals surface area contributed by atoms with E-state index in [1.807, 2.05) is 46.2 Å². The molecular weight excluding hydrogens is 460 g/mol. The molecule has 0 N–H and O–H groups in total. The molecule has 5 nitrogen and oxygen atoms in total. The van der Waals surface area contributed by atoms with Crippen LogP contribution in [0.2, 0.25) is 0 Å². The first-order valence-electron chi connectivity index (χ1n) is 12.4. The molecule has 0 aromatic heterocycles. The van der Waals surface area contributed by atoms with Crippen LogP contribution in [0.1, 0.15) is 28.3 Å². The van der Waals surface area contributed by atoms with Gasteiger partial charge in [-0.25, -0.2) is 8.78 Å². The smallest absolute Gasteiger partial charge is 0.256 e.